The average Bonchev–Trinajstić information content (AvgIpc) is 2.73. The standard InChI is InChI=1S/C22H25N3O5/c1-15-3-7-17(8-4-15)30-18-9-5-16(6-10-18)24-20(26)14-25-12-11-23-22(28)19(25)13-21(27)29-2/h3-10,19H,11-14H2,1-2H3,(H,23,28)(H,24,26)/t19-/m1/s1. The van der Waals surface area contributed by atoms with Crippen LogP contribution in [0.4, 0.5) is 5.69 Å². The van der Waals surface area contributed by atoms with Crippen molar-refractivity contribution >= 4 is 23.5 Å². The number of hydrogen-bond acceptors (Lipinski definition) is 6. The average molecular weight is 411 g/mol. The van der Waals surface area contributed by atoms with Gasteiger partial charge in [0.15, 0.2) is 0 Å². The Kier molecular flexibility index (Phi) is 7.03. The van der Waals surface area contributed by atoms with E-state index >= 15 is 0 Å². The fraction of sp³-hybridized carbons (Fsp3) is 0.318. The van der Waals surface area contributed by atoms with Gasteiger partial charge in [-0.05, 0) is 43.3 Å². The monoisotopic (exact) mass is 411 g/mol. The molecule has 0 saturated carbocycles. The zero-order chi connectivity index (χ0) is 21.5. The number of anilines is 1. The smallest absolute Gasteiger partial charge is 0.307 e. The van der Waals surface area contributed by atoms with Crippen molar-refractivity contribution in [1.29, 1.82) is 0 Å². The molecular weight excluding hydrogens is 386 g/mol. The first-order chi connectivity index (χ1) is 14.4. The Labute approximate surface area is 175 Å². The molecule has 0 bridgehead atoms. The molecule has 0 aromatic heterocycles. The Morgan fingerprint density at radius 2 is 1.73 bits per heavy atom. The fourth-order valence-corrected chi connectivity index (χ4v) is 3.15. The van der Waals surface area contributed by atoms with Crippen molar-refractivity contribution in [2.45, 2.75) is 19.4 Å². The number of nitrogens with zero attached hydrogens (tertiary/aromatic N) is 1. The highest BCUT2D eigenvalue weighted by Crippen LogP contribution is 2.23. The SMILES string of the molecule is COC(=O)C[C@@H]1C(=O)NCCN1CC(=O)Nc1ccc(Oc2ccc(C)cc2)cc1. The minimum absolute atomic E-state index is 0.00327. The lowest BCUT2D eigenvalue weighted by molar-refractivity contribution is -0.146. The van der Waals surface area contributed by atoms with Crippen molar-refractivity contribution in [3.8, 4) is 11.5 Å². The summed E-state index contributed by atoms with van der Waals surface area (Å²) in [6.45, 7) is 2.91. The highest BCUT2D eigenvalue weighted by molar-refractivity contribution is 5.93. The lowest BCUT2D eigenvalue weighted by atomic mass is 10.1. The summed E-state index contributed by atoms with van der Waals surface area (Å²) in [4.78, 5) is 37.8. The molecule has 2 N–H and O–H groups in total. The lowest BCUT2D eigenvalue weighted by Crippen LogP contribution is -2.57. The van der Waals surface area contributed by atoms with Gasteiger partial charge in [0.2, 0.25) is 11.8 Å². The molecule has 8 heteroatoms. The summed E-state index contributed by atoms with van der Waals surface area (Å²) in [6.07, 6.45) is -0.0966. The summed E-state index contributed by atoms with van der Waals surface area (Å²) >= 11 is 0. The van der Waals surface area contributed by atoms with Gasteiger partial charge in [0.1, 0.15) is 17.5 Å². The number of carbonyl (C=O) groups excluding carboxylic acids is 3. The van der Waals surface area contributed by atoms with E-state index in [1.807, 2.05) is 31.2 Å². The van der Waals surface area contributed by atoms with Crippen molar-refractivity contribution < 1.29 is 23.9 Å². The van der Waals surface area contributed by atoms with E-state index in [0.717, 1.165) is 11.3 Å². The van der Waals surface area contributed by atoms with Crippen LogP contribution in [0, 0.1) is 6.92 Å². The van der Waals surface area contributed by atoms with Gasteiger partial charge in [0.05, 0.1) is 20.1 Å². The highest BCUT2D eigenvalue weighted by Gasteiger charge is 2.33. The predicted molar refractivity (Wildman–Crippen MR) is 111 cm³/mol. The minimum Gasteiger partial charge on any atom is -0.469 e. The molecular formula is C22H25N3O5. The Hall–Kier alpha value is -3.39. The van der Waals surface area contributed by atoms with Crippen LogP contribution >= 0.6 is 0 Å². The first-order valence-corrected chi connectivity index (χ1v) is 9.67. The maximum atomic E-state index is 12.5. The van der Waals surface area contributed by atoms with Crippen molar-refractivity contribution in [1.82, 2.24) is 10.2 Å². The van der Waals surface area contributed by atoms with Crippen LogP contribution in [-0.2, 0) is 19.1 Å². The highest BCUT2D eigenvalue weighted by atomic mass is 16.5. The Balaban J connectivity index is 1.56. The molecule has 8 nitrogen and oxygen atoms in total. The second-order valence-corrected chi connectivity index (χ2v) is 7.05. The zero-order valence-corrected chi connectivity index (χ0v) is 17.0. The van der Waals surface area contributed by atoms with E-state index in [0.29, 0.717) is 24.5 Å². The van der Waals surface area contributed by atoms with Gasteiger partial charge in [-0.1, -0.05) is 17.7 Å². The number of nitrogens with one attached hydrogen (secondary N) is 2. The van der Waals surface area contributed by atoms with Gasteiger partial charge in [-0.2, -0.15) is 0 Å². The van der Waals surface area contributed by atoms with Crippen molar-refractivity contribution in [2.75, 3.05) is 32.1 Å². The summed E-state index contributed by atoms with van der Waals surface area (Å²) in [7, 11) is 1.27. The second-order valence-electron chi connectivity index (χ2n) is 7.05. The molecule has 1 fully saturated rings. The number of amides is 2. The predicted octanol–water partition coefficient (Wildman–Crippen LogP) is 2.09. The summed E-state index contributed by atoms with van der Waals surface area (Å²) in [5, 5.41) is 5.52. The summed E-state index contributed by atoms with van der Waals surface area (Å²) in [5.41, 5.74) is 1.77. The van der Waals surface area contributed by atoms with Crippen molar-refractivity contribution in [3.05, 3.63) is 54.1 Å². The van der Waals surface area contributed by atoms with E-state index in [-0.39, 0.29) is 24.8 Å². The number of aryl methyl sites for hydroxylation is 1. The topological polar surface area (TPSA) is 97.0 Å². The van der Waals surface area contributed by atoms with Crippen molar-refractivity contribution in [2.24, 2.45) is 0 Å². The van der Waals surface area contributed by atoms with E-state index in [2.05, 4.69) is 15.4 Å². The van der Waals surface area contributed by atoms with Gasteiger partial charge < -0.3 is 20.1 Å². The maximum Gasteiger partial charge on any atom is 0.307 e. The van der Waals surface area contributed by atoms with Gasteiger partial charge >= 0.3 is 5.97 Å². The van der Waals surface area contributed by atoms with Gasteiger partial charge in [-0.15, -0.1) is 0 Å². The normalized spacial score (nSPS) is 16.5. The van der Waals surface area contributed by atoms with E-state index in [9.17, 15) is 14.4 Å². The number of ether oxygens (including phenoxy) is 2. The maximum absolute atomic E-state index is 12.5. The molecule has 2 aromatic rings. The Bertz CT molecular complexity index is 896. The van der Waals surface area contributed by atoms with E-state index < -0.39 is 12.0 Å². The van der Waals surface area contributed by atoms with Gasteiger partial charge in [-0.25, -0.2) is 0 Å². The number of methoxy groups -OCH3 is 1. The van der Waals surface area contributed by atoms with Crippen LogP contribution in [-0.4, -0.2) is 55.5 Å². The van der Waals surface area contributed by atoms with Gasteiger partial charge in [0.25, 0.3) is 0 Å². The van der Waals surface area contributed by atoms with Crippen LogP contribution in [0.2, 0.25) is 0 Å². The zero-order valence-electron chi connectivity index (χ0n) is 17.0. The molecule has 0 spiro atoms. The lowest BCUT2D eigenvalue weighted by Gasteiger charge is -2.33. The first-order valence-electron chi connectivity index (χ1n) is 9.67. The Morgan fingerprint density at radius 1 is 1.10 bits per heavy atom. The van der Waals surface area contributed by atoms with Crippen molar-refractivity contribution in [3.63, 3.8) is 0 Å². The van der Waals surface area contributed by atoms with E-state index in [1.54, 1.807) is 29.2 Å². The van der Waals surface area contributed by atoms with E-state index in [1.165, 1.54) is 7.11 Å². The summed E-state index contributed by atoms with van der Waals surface area (Å²) in [5.74, 6) is 0.343. The molecule has 0 unspecified atom stereocenters. The van der Waals surface area contributed by atoms with E-state index in [4.69, 9.17) is 4.74 Å². The summed E-state index contributed by atoms with van der Waals surface area (Å²) < 4.78 is 10.4. The molecule has 3 rings (SSSR count). The number of piperazine rings is 1. The molecule has 30 heavy (non-hydrogen) atoms. The minimum atomic E-state index is -0.720. The molecule has 158 valence electrons. The number of hydrogen-bond donors (Lipinski definition) is 2. The molecule has 1 atom stereocenters. The molecule has 2 amide bonds. The summed E-state index contributed by atoms with van der Waals surface area (Å²) in [6, 6.07) is 14.0. The first kappa shape index (κ1) is 21.3. The van der Waals surface area contributed by atoms with Crippen LogP contribution in [0.1, 0.15) is 12.0 Å². The van der Waals surface area contributed by atoms with Crippen LogP contribution in [0.15, 0.2) is 48.5 Å². The van der Waals surface area contributed by atoms with Crippen LogP contribution in [0.5, 0.6) is 11.5 Å². The number of benzene rings is 2. The Morgan fingerprint density at radius 3 is 2.37 bits per heavy atom. The van der Waals surface area contributed by atoms with Crippen LogP contribution in [0.25, 0.3) is 0 Å². The molecule has 1 saturated heterocycles. The largest absolute Gasteiger partial charge is 0.469 e. The molecule has 1 heterocycles. The van der Waals surface area contributed by atoms with Crippen LogP contribution in [0.3, 0.4) is 0 Å². The quantitative estimate of drug-likeness (QED) is 0.678. The third kappa shape index (κ3) is 5.81. The van der Waals surface area contributed by atoms with Gasteiger partial charge in [-0.3, -0.25) is 19.3 Å². The molecule has 0 radical (unpaired) electrons. The number of rotatable bonds is 7. The molecule has 0 aliphatic carbocycles. The second kappa shape index (κ2) is 9.89. The number of esters is 1. The third-order valence-corrected chi connectivity index (χ3v) is 4.77. The number of carbonyl (C=O) groups is 3. The molecule has 2 aromatic carbocycles. The van der Waals surface area contributed by atoms with Gasteiger partial charge in [0, 0.05) is 18.8 Å². The third-order valence-electron chi connectivity index (χ3n) is 4.77. The van der Waals surface area contributed by atoms with Crippen LogP contribution < -0.4 is 15.4 Å². The molecule has 1 aliphatic rings. The molecule has 1 aliphatic heterocycles. The fourth-order valence-electron chi connectivity index (χ4n) is 3.15.